The number of rotatable bonds is 15. The van der Waals surface area contributed by atoms with E-state index in [9.17, 15) is 38.7 Å². The molecule has 1 heterocycles. The van der Waals surface area contributed by atoms with Gasteiger partial charge in [-0.15, -0.1) is 0 Å². The van der Waals surface area contributed by atoms with Crippen LogP contribution in [-0.4, -0.2) is 82.4 Å². The summed E-state index contributed by atoms with van der Waals surface area (Å²) in [6.07, 6.45) is -0.876. The number of carbonyl (C=O) groups excluding carboxylic acids is 5. The molecule has 0 aliphatic carbocycles. The van der Waals surface area contributed by atoms with Crippen LogP contribution in [0.15, 0.2) is 0 Å². The number of amides is 5. The lowest BCUT2D eigenvalue weighted by Crippen LogP contribution is -2.57. The Morgan fingerprint density at radius 1 is 0.824 bits per heavy atom. The number of aliphatic carboxylic acids is 2. The van der Waals surface area contributed by atoms with Crippen molar-refractivity contribution in [2.45, 2.75) is 69.1 Å². The van der Waals surface area contributed by atoms with Crippen molar-refractivity contribution >= 4 is 41.5 Å². The van der Waals surface area contributed by atoms with Crippen LogP contribution in [0.5, 0.6) is 0 Å². The predicted molar refractivity (Wildman–Crippen MR) is 114 cm³/mol. The molecule has 0 aromatic carbocycles. The number of carboxylic acids is 2. The second-order valence-electron chi connectivity index (χ2n) is 7.78. The van der Waals surface area contributed by atoms with E-state index in [2.05, 4.69) is 21.3 Å². The molecule has 0 spiro atoms. The van der Waals surface area contributed by atoms with Crippen LogP contribution in [-0.2, 0) is 33.6 Å². The van der Waals surface area contributed by atoms with E-state index in [0.29, 0.717) is 13.0 Å². The molecule has 15 heteroatoms. The molecule has 4 unspecified atom stereocenters. The molecule has 1 rings (SSSR count). The third kappa shape index (κ3) is 10.2. The third-order valence-electron chi connectivity index (χ3n) is 4.99. The summed E-state index contributed by atoms with van der Waals surface area (Å²) in [6, 6.07) is -5.03. The van der Waals surface area contributed by atoms with Crippen LogP contribution in [0.1, 0.15) is 44.9 Å². The SMILES string of the molecule is NC(=O)CCC(NC(=O)C(CCC(=O)O)NC(=O)C1CCCN1)C(=O)NC(CC(N)=O)C(=O)O. The summed E-state index contributed by atoms with van der Waals surface area (Å²) >= 11 is 0. The average Bonchev–Trinajstić information content (AvgIpc) is 3.27. The van der Waals surface area contributed by atoms with Crippen LogP contribution in [0.3, 0.4) is 0 Å². The summed E-state index contributed by atoms with van der Waals surface area (Å²) in [5.74, 6) is -7.05. The van der Waals surface area contributed by atoms with Crippen molar-refractivity contribution in [2.75, 3.05) is 6.54 Å². The first-order valence-corrected chi connectivity index (χ1v) is 10.6. The van der Waals surface area contributed by atoms with Gasteiger partial charge >= 0.3 is 11.9 Å². The Morgan fingerprint density at radius 3 is 1.85 bits per heavy atom. The number of carboxylic acid groups (broad SMARTS) is 2. The van der Waals surface area contributed by atoms with Gasteiger partial charge in [0, 0.05) is 12.8 Å². The van der Waals surface area contributed by atoms with Crippen LogP contribution in [0.25, 0.3) is 0 Å². The number of nitrogens with one attached hydrogen (secondary N) is 4. The molecule has 0 aromatic heterocycles. The van der Waals surface area contributed by atoms with Gasteiger partial charge in [-0.3, -0.25) is 28.8 Å². The number of nitrogens with two attached hydrogens (primary N) is 2. The largest absolute Gasteiger partial charge is 0.481 e. The quantitative estimate of drug-likeness (QED) is 0.112. The topological polar surface area (TPSA) is 260 Å². The highest BCUT2D eigenvalue weighted by atomic mass is 16.4. The number of hydrogen-bond donors (Lipinski definition) is 8. The molecular weight excluding hydrogens is 456 g/mol. The van der Waals surface area contributed by atoms with Gasteiger partial charge in [0.05, 0.1) is 12.5 Å². The maximum absolute atomic E-state index is 12.8. The highest BCUT2D eigenvalue weighted by Crippen LogP contribution is 2.08. The van der Waals surface area contributed by atoms with Gasteiger partial charge in [0.25, 0.3) is 0 Å². The van der Waals surface area contributed by atoms with E-state index in [4.69, 9.17) is 16.6 Å². The molecule has 15 nitrogen and oxygen atoms in total. The minimum Gasteiger partial charge on any atom is -0.481 e. The van der Waals surface area contributed by atoms with Crippen molar-refractivity contribution in [1.29, 1.82) is 0 Å². The summed E-state index contributed by atoms with van der Waals surface area (Å²) in [5, 5.41) is 27.9. The van der Waals surface area contributed by atoms with E-state index in [1.54, 1.807) is 0 Å². The van der Waals surface area contributed by atoms with Gasteiger partial charge < -0.3 is 42.9 Å². The molecule has 1 aliphatic heterocycles. The normalized spacial score (nSPS) is 17.6. The summed E-state index contributed by atoms with van der Waals surface area (Å²) in [5.41, 5.74) is 10.1. The fourth-order valence-corrected chi connectivity index (χ4v) is 3.22. The van der Waals surface area contributed by atoms with Gasteiger partial charge in [-0.25, -0.2) is 4.79 Å². The van der Waals surface area contributed by atoms with Gasteiger partial charge in [-0.2, -0.15) is 0 Å². The van der Waals surface area contributed by atoms with Crippen LogP contribution >= 0.6 is 0 Å². The van der Waals surface area contributed by atoms with Crippen molar-refractivity contribution in [3.63, 3.8) is 0 Å². The maximum atomic E-state index is 12.8. The van der Waals surface area contributed by atoms with Crippen molar-refractivity contribution in [3.05, 3.63) is 0 Å². The molecule has 190 valence electrons. The van der Waals surface area contributed by atoms with E-state index in [0.717, 1.165) is 6.42 Å². The molecule has 0 saturated carbocycles. The molecule has 0 radical (unpaired) electrons. The highest BCUT2D eigenvalue weighted by Gasteiger charge is 2.32. The molecule has 0 aromatic rings. The lowest BCUT2D eigenvalue weighted by atomic mass is 10.1. The standard InChI is InChI=1S/C19H30N6O9/c20-13(26)5-3-10(18(32)25-12(19(33)34)8-14(21)27)24-17(31)11(4-6-15(28)29)23-16(30)9-2-1-7-22-9/h9-12,22H,1-8H2,(H2,20,26)(H2,21,27)(H,23,30)(H,24,31)(H,25,32)(H,28,29)(H,33,34). The van der Waals surface area contributed by atoms with Crippen molar-refractivity contribution in [3.8, 4) is 0 Å². The van der Waals surface area contributed by atoms with Gasteiger partial charge in [0.15, 0.2) is 0 Å². The number of primary amides is 2. The zero-order chi connectivity index (χ0) is 25.8. The van der Waals surface area contributed by atoms with E-state index in [-0.39, 0.29) is 19.3 Å². The smallest absolute Gasteiger partial charge is 0.326 e. The fourth-order valence-electron chi connectivity index (χ4n) is 3.22. The Labute approximate surface area is 194 Å². The molecule has 1 saturated heterocycles. The average molecular weight is 486 g/mol. The highest BCUT2D eigenvalue weighted by molar-refractivity contribution is 5.95. The summed E-state index contributed by atoms with van der Waals surface area (Å²) in [6.45, 7) is 0.607. The third-order valence-corrected chi connectivity index (χ3v) is 4.99. The van der Waals surface area contributed by atoms with E-state index >= 15 is 0 Å². The van der Waals surface area contributed by atoms with Crippen LogP contribution in [0, 0.1) is 0 Å². The zero-order valence-corrected chi connectivity index (χ0v) is 18.4. The Balaban J connectivity index is 2.98. The van der Waals surface area contributed by atoms with Crippen LogP contribution in [0.2, 0.25) is 0 Å². The second-order valence-corrected chi connectivity index (χ2v) is 7.78. The molecule has 4 atom stereocenters. The molecule has 34 heavy (non-hydrogen) atoms. The van der Waals surface area contributed by atoms with E-state index in [1.807, 2.05) is 0 Å². The number of carbonyl (C=O) groups is 7. The molecular formula is C19H30N6O9. The lowest BCUT2D eigenvalue weighted by Gasteiger charge is -2.24. The van der Waals surface area contributed by atoms with Crippen LogP contribution in [0.4, 0.5) is 0 Å². The fraction of sp³-hybridized carbons (Fsp3) is 0.632. The van der Waals surface area contributed by atoms with Crippen molar-refractivity contribution in [1.82, 2.24) is 21.3 Å². The Morgan fingerprint density at radius 2 is 1.38 bits per heavy atom. The molecule has 5 amide bonds. The summed E-state index contributed by atoms with van der Waals surface area (Å²) in [7, 11) is 0. The maximum Gasteiger partial charge on any atom is 0.326 e. The van der Waals surface area contributed by atoms with E-state index < -0.39 is 78.5 Å². The van der Waals surface area contributed by atoms with Crippen molar-refractivity contribution in [2.24, 2.45) is 11.5 Å². The molecule has 10 N–H and O–H groups in total. The Bertz CT molecular complexity index is 812. The first kappa shape index (κ1) is 28.3. The first-order valence-electron chi connectivity index (χ1n) is 10.6. The Hall–Kier alpha value is -3.75. The van der Waals surface area contributed by atoms with E-state index in [1.165, 1.54) is 0 Å². The van der Waals surface area contributed by atoms with Gasteiger partial charge in [-0.05, 0) is 32.2 Å². The molecule has 1 fully saturated rings. The van der Waals surface area contributed by atoms with Gasteiger partial charge in [0.2, 0.25) is 29.5 Å². The lowest BCUT2D eigenvalue weighted by molar-refractivity contribution is -0.144. The summed E-state index contributed by atoms with van der Waals surface area (Å²) < 4.78 is 0. The minimum absolute atomic E-state index is 0.288. The van der Waals surface area contributed by atoms with Gasteiger partial charge in [-0.1, -0.05) is 0 Å². The van der Waals surface area contributed by atoms with Crippen LogP contribution < -0.4 is 32.7 Å². The predicted octanol–water partition coefficient (Wildman–Crippen LogP) is -3.72. The summed E-state index contributed by atoms with van der Waals surface area (Å²) in [4.78, 5) is 82.4. The molecule has 0 bridgehead atoms. The minimum atomic E-state index is -1.69. The van der Waals surface area contributed by atoms with Crippen molar-refractivity contribution < 1.29 is 43.8 Å². The molecule has 1 aliphatic rings. The number of hydrogen-bond acceptors (Lipinski definition) is 8. The zero-order valence-electron chi connectivity index (χ0n) is 18.4. The second kappa shape index (κ2) is 13.7. The first-order chi connectivity index (χ1) is 15.9. The Kier molecular flexibility index (Phi) is 11.4. The van der Waals surface area contributed by atoms with Gasteiger partial charge in [0.1, 0.15) is 18.1 Å². The monoisotopic (exact) mass is 486 g/mol.